The van der Waals surface area contributed by atoms with Crippen molar-refractivity contribution in [3.8, 4) is 0 Å². The number of carbonyl (C=O) groups excluding carboxylic acids is 1. The van der Waals surface area contributed by atoms with Gasteiger partial charge in [-0.1, -0.05) is 0 Å². The predicted octanol–water partition coefficient (Wildman–Crippen LogP) is -2.31. The summed E-state index contributed by atoms with van der Waals surface area (Å²) >= 11 is 0. The van der Waals surface area contributed by atoms with Crippen LogP contribution in [-0.2, 0) is 14.4 Å². The van der Waals surface area contributed by atoms with Crippen molar-refractivity contribution in [2.45, 2.75) is 25.4 Å². The fourth-order valence-corrected chi connectivity index (χ4v) is 0.304. The number of primary amides is 1. The molecular formula is C7H15N3O5. The number of aliphatic carboxylic acids is 2. The van der Waals surface area contributed by atoms with Crippen LogP contribution >= 0.6 is 0 Å². The van der Waals surface area contributed by atoms with Crippen LogP contribution in [0.5, 0.6) is 0 Å². The lowest BCUT2D eigenvalue weighted by molar-refractivity contribution is -0.140. The Hall–Kier alpha value is -1.67. The van der Waals surface area contributed by atoms with E-state index in [9.17, 15) is 14.4 Å². The molecule has 0 fully saturated rings. The predicted molar refractivity (Wildman–Crippen MR) is 50.7 cm³/mol. The Morgan fingerprint density at radius 1 is 1.13 bits per heavy atom. The molecule has 0 aliphatic rings. The molecular weight excluding hydrogens is 206 g/mol. The Balaban J connectivity index is 0. The second kappa shape index (κ2) is 7.71. The van der Waals surface area contributed by atoms with Gasteiger partial charge in [0.25, 0.3) is 0 Å². The smallest absolute Gasteiger partial charge is 0.321 e. The number of carbonyl (C=O) groups is 3. The number of rotatable bonds is 4. The highest BCUT2D eigenvalue weighted by molar-refractivity contribution is 5.83. The first-order chi connectivity index (χ1) is 6.68. The topological polar surface area (TPSA) is 170 Å². The van der Waals surface area contributed by atoms with E-state index >= 15 is 0 Å². The molecule has 8 nitrogen and oxygen atoms in total. The van der Waals surface area contributed by atoms with Gasteiger partial charge in [0.05, 0.1) is 6.42 Å². The van der Waals surface area contributed by atoms with Gasteiger partial charge in [0, 0.05) is 0 Å². The van der Waals surface area contributed by atoms with Crippen molar-refractivity contribution in [1.82, 2.24) is 0 Å². The van der Waals surface area contributed by atoms with Gasteiger partial charge in [0.15, 0.2) is 0 Å². The van der Waals surface area contributed by atoms with E-state index in [1.807, 2.05) is 0 Å². The molecule has 0 aromatic heterocycles. The van der Waals surface area contributed by atoms with Crippen LogP contribution in [0.3, 0.4) is 0 Å². The van der Waals surface area contributed by atoms with Crippen molar-refractivity contribution < 1.29 is 24.6 Å². The van der Waals surface area contributed by atoms with Crippen molar-refractivity contribution >= 4 is 17.8 Å². The fourth-order valence-electron chi connectivity index (χ4n) is 0.304. The monoisotopic (exact) mass is 221 g/mol. The van der Waals surface area contributed by atoms with E-state index in [-0.39, 0.29) is 6.42 Å². The van der Waals surface area contributed by atoms with Gasteiger partial charge in [-0.2, -0.15) is 0 Å². The first kappa shape index (κ1) is 15.8. The van der Waals surface area contributed by atoms with Crippen LogP contribution in [0.15, 0.2) is 0 Å². The van der Waals surface area contributed by atoms with Crippen LogP contribution < -0.4 is 17.2 Å². The molecule has 0 aromatic rings. The lowest BCUT2D eigenvalue weighted by Gasteiger charge is -1.99. The summed E-state index contributed by atoms with van der Waals surface area (Å²) < 4.78 is 0. The number of nitrogens with two attached hydrogens (primary N) is 3. The zero-order chi connectivity index (χ0) is 12.6. The quantitative estimate of drug-likeness (QED) is 0.355. The second-order valence-corrected chi connectivity index (χ2v) is 2.74. The van der Waals surface area contributed by atoms with Crippen LogP contribution in [0.25, 0.3) is 0 Å². The summed E-state index contributed by atoms with van der Waals surface area (Å²) in [6.45, 7) is 1.42. The highest BCUT2D eigenvalue weighted by Gasteiger charge is 2.13. The molecule has 0 rings (SSSR count). The number of amides is 1. The molecule has 0 radical (unpaired) electrons. The summed E-state index contributed by atoms with van der Waals surface area (Å²) in [5.41, 5.74) is 14.4. The van der Waals surface area contributed by atoms with Crippen molar-refractivity contribution in [2.75, 3.05) is 0 Å². The minimum absolute atomic E-state index is 0.310. The molecule has 0 unspecified atom stereocenters. The maximum absolute atomic E-state index is 9.99. The van der Waals surface area contributed by atoms with E-state index < -0.39 is 29.9 Å². The summed E-state index contributed by atoms with van der Waals surface area (Å²) in [6, 6.07) is -1.90. The average Bonchev–Trinajstić information content (AvgIpc) is 2.03. The molecule has 0 aliphatic carbocycles. The van der Waals surface area contributed by atoms with Gasteiger partial charge in [-0.25, -0.2) is 0 Å². The zero-order valence-corrected chi connectivity index (χ0v) is 8.21. The Kier molecular flexibility index (Phi) is 8.11. The van der Waals surface area contributed by atoms with Crippen LogP contribution in [-0.4, -0.2) is 40.1 Å². The van der Waals surface area contributed by atoms with Crippen molar-refractivity contribution in [2.24, 2.45) is 17.2 Å². The lowest BCUT2D eigenvalue weighted by atomic mass is 10.2. The molecule has 0 spiro atoms. The molecule has 0 bridgehead atoms. The van der Waals surface area contributed by atoms with Gasteiger partial charge in [0.2, 0.25) is 5.91 Å². The molecule has 2 atom stereocenters. The molecule has 8 N–H and O–H groups in total. The molecule has 0 saturated carbocycles. The highest BCUT2D eigenvalue weighted by Crippen LogP contribution is 1.84. The third-order valence-corrected chi connectivity index (χ3v) is 1.13. The third-order valence-electron chi connectivity index (χ3n) is 1.13. The summed E-state index contributed by atoms with van der Waals surface area (Å²) in [5.74, 6) is -2.88. The fraction of sp³-hybridized carbons (Fsp3) is 0.571. The zero-order valence-electron chi connectivity index (χ0n) is 8.21. The summed E-state index contributed by atoms with van der Waals surface area (Å²) in [5, 5.41) is 16.0. The van der Waals surface area contributed by atoms with E-state index in [4.69, 9.17) is 21.7 Å². The molecule has 88 valence electrons. The summed E-state index contributed by atoms with van der Waals surface area (Å²) in [4.78, 5) is 29.5. The Morgan fingerprint density at radius 3 is 1.53 bits per heavy atom. The largest absolute Gasteiger partial charge is 0.480 e. The van der Waals surface area contributed by atoms with Crippen LogP contribution in [0.1, 0.15) is 13.3 Å². The van der Waals surface area contributed by atoms with E-state index in [2.05, 4.69) is 5.73 Å². The molecule has 15 heavy (non-hydrogen) atoms. The first-order valence-electron chi connectivity index (χ1n) is 3.93. The molecule has 0 heterocycles. The van der Waals surface area contributed by atoms with Gasteiger partial charge in [-0.15, -0.1) is 0 Å². The third kappa shape index (κ3) is 12.3. The Bertz CT molecular complexity index is 241. The standard InChI is InChI=1S/C4H8N2O3.C3H7NO2/c5-2(4(8)9)1-3(6)7;1-2(4)3(5)6/h2H,1,5H2,(H2,6,7)(H,8,9);2H,4H2,1H3,(H,5,6)/t2*2-/m01/s1. The van der Waals surface area contributed by atoms with E-state index in [0.29, 0.717) is 0 Å². The maximum Gasteiger partial charge on any atom is 0.321 e. The highest BCUT2D eigenvalue weighted by atomic mass is 16.4. The SMILES string of the molecule is C[C@@H](N)C(=O)O.NC(=O)C[C@H](N)C(=O)O. The molecule has 8 heteroatoms. The minimum Gasteiger partial charge on any atom is -0.480 e. The summed E-state index contributed by atoms with van der Waals surface area (Å²) in [6.07, 6.45) is -0.310. The van der Waals surface area contributed by atoms with E-state index in [1.54, 1.807) is 0 Å². The number of carboxylic acids is 2. The average molecular weight is 221 g/mol. The minimum atomic E-state index is -1.21. The second-order valence-electron chi connectivity index (χ2n) is 2.74. The molecule has 0 aliphatic heterocycles. The van der Waals surface area contributed by atoms with Crippen LogP contribution in [0.2, 0.25) is 0 Å². The number of hydrogen-bond acceptors (Lipinski definition) is 5. The van der Waals surface area contributed by atoms with Crippen molar-refractivity contribution in [1.29, 1.82) is 0 Å². The van der Waals surface area contributed by atoms with Gasteiger partial charge in [0.1, 0.15) is 12.1 Å². The summed E-state index contributed by atoms with van der Waals surface area (Å²) in [7, 11) is 0. The normalized spacial score (nSPS) is 13.0. The number of carboxylic acid groups (broad SMARTS) is 2. The van der Waals surface area contributed by atoms with Crippen LogP contribution in [0, 0.1) is 0 Å². The molecule has 0 aromatic carbocycles. The lowest BCUT2D eigenvalue weighted by Crippen LogP contribution is -2.34. The van der Waals surface area contributed by atoms with Crippen molar-refractivity contribution in [3.05, 3.63) is 0 Å². The van der Waals surface area contributed by atoms with Crippen molar-refractivity contribution in [3.63, 3.8) is 0 Å². The van der Waals surface area contributed by atoms with E-state index in [0.717, 1.165) is 0 Å². The van der Waals surface area contributed by atoms with Gasteiger partial charge >= 0.3 is 11.9 Å². The number of hydrogen-bond donors (Lipinski definition) is 5. The van der Waals surface area contributed by atoms with Gasteiger partial charge < -0.3 is 27.4 Å². The molecule has 1 amide bonds. The molecule has 0 saturated heterocycles. The van der Waals surface area contributed by atoms with Gasteiger partial charge in [-0.3, -0.25) is 14.4 Å². The Morgan fingerprint density at radius 2 is 1.47 bits per heavy atom. The Labute approximate surface area is 86.0 Å². The van der Waals surface area contributed by atoms with E-state index in [1.165, 1.54) is 6.92 Å². The first-order valence-corrected chi connectivity index (χ1v) is 3.93. The maximum atomic E-state index is 9.99. The van der Waals surface area contributed by atoms with Gasteiger partial charge in [-0.05, 0) is 6.92 Å². The van der Waals surface area contributed by atoms with Crippen LogP contribution in [0.4, 0.5) is 0 Å².